The van der Waals surface area contributed by atoms with Crippen LogP contribution in [-0.4, -0.2) is 51.0 Å². The Balaban J connectivity index is 2.03. The summed E-state index contributed by atoms with van der Waals surface area (Å²) >= 11 is 0. The van der Waals surface area contributed by atoms with Crippen LogP contribution in [0.15, 0.2) is 30.5 Å². The van der Waals surface area contributed by atoms with Gasteiger partial charge in [-0.25, -0.2) is 0 Å². The van der Waals surface area contributed by atoms with Gasteiger partial charge in [-0.3, -0.25) is 4.98 Å². The second-order valence-corrected chi connectivity index (χ2v) is 4.90. The van der Waals surface area contributed by atoms with Crippen molar-refractivity contribution in [1.29, 1.82) is 0 Å². The number of benzene rings is 1. The Kier molecular flexibility index (Phi) is 2.96. The maximum Gasteiger partial charge on any atom is 0.113 e. The predicted octanol–water partition coefficient (Wildman–Crippen LogP) is 0.780. The molecule has 4 heteroatoms. The molecule has 0 aliphatic carbocycles. The van der Waals surface area contributed by atoms with Crippen LogP contribution in [0.5, 0.6) is 0 Å². The number of pyridine rings is 1. The molecular weight excluding hydrogens is 221 g/mol. The first-order chi connectivity index (χ1) is 8.74. The Hall–Kier alpha value is -1.55. The van der Waals surface area contributed by atoms with E-state index in [1.165, 1.54) is 5.69 Å². The fraction of sp³-hybridized carbons (Fsp3) is 0.357. The molecule has 0 saturated carbocycles. The van der Waals surface area contributed by atoms with E-state index < -0.39 is 0 Å². The van der Waals surface area contributed by atoms with Crippen molar-refractivity contribution in [3.05, 3.63) is 30.5 Å². The molecule has 1 aromatic carbocycles. The normalized spacial score (nSPS) is 17.3. The number of hydrogen-bond acceptors (Lipinski definition) is 3. The van der Waals surface area contributed by atoms with Gasteiger partial charge in [0.1, 0.15) is 7.85 Å². The summed E-state index contributed by atoms with van der Waals surface area (Å²) in [5, 5.41) is 1.15. The molecule has 0 N–H and O–H groups in total. The van der Waals surface area contributed by atoms with E-state index in [1.54, 1.807) is 0 Å². The van der Waals surface area contributed by atoms with E-state index >= 15 is 0 Å². The first-order valence-corrected chi connectivity index (χ1v) is 6.32. The standard InChI is InChI=1S/C14H16BN3/c1-17-6-8-18(9-7-17)14-4-5-16-13-3-2-11(15)10-12(13)14/h2-5,10H,6-9H2,1H3. The Morgan fingerprint density at radius 2 is 1.89 bits per heavy atom. The van der Waals surface area contributed by atoms with E-state index in [-0.39, 0.29) is 0 Å². The van der Waals surface area contributed by atoms with Crippen molar-refractivity contribution in [3.8, 4) is 0 Å². The summed E-state index contributed by atoms with van der Waals surface area (Å²) in [5.41, 5.74) is 3.06. The summed E-state index contributed by atoms with van der Waals surface area (Å²) < 4.78 is 0. The van der Waals surface area contributed by atoms with Crippen LogP contribution in [0.1, 0.15) is 0 Å². The Bertz CT molecular complexity index is 562. The van der Waals surface area contributed by atoms with E-state index in [2.05, 4.69) is 27.9 Å². The van der Waals surface area contributed by atoms with Crippen LogP contribution in [0.25, 0.3) is 10.9 Å². The Labute approximate surface area is 109 Å². The minimum absolute atomic E-state index is 0.797. The number of fused-ring (bicyclic) bond motifs is 1. The van der Waals surface area contributed by atoms with Gasteiger partial charge in [0.05, 0.1) is 5.52 Å². The fourth-order valence-corrected chi connectivity index (χ4v) is 2.47. The minimum Gasteiger partial charge on any atom is -0.368 e. The van der Waals surface area contributed by atoms with Crippen molar-refractivity contribution in [3.63, 3.8) is 0 Å². The highest BCUT2D eigenvalue weighted by Gasteiger charge is 2.16. The van der Waals surface area contributed by atoms with E-state index in [0.717, 1.165) is 42.5 Å². The zero-order valence-electron chi connectivity index (χ0n) is 10.6. The summed E-state index contributed by atoms with van der Waals surface area (Å²) in [4.78, 5) is 9.18. The van der Waals surface area contributed by atoms with Crippen molar-refractivity contribution in [2.45, 2.75) is 0 Å². The summed E-state index contributed by atoms with van der Waals surface area (Å²) in [6.45, 7) is 4.33. The molecule has 1 aliphatic heterocycles. The van der Waals surface area contributed by atoms with Gasteiger partial charge in [0.15, 0.2) is 0 Å². The highest BCUT2D eigenvalue weighted by Crippen LogP contribution is 2.25. The molecule has 1 aliphatic rings. The SMILES string of the molecule is [B]c1ccc2nccc(N3CCN(C)CC3)c2c1. The van der Waals surface area contributed by atoms with Crippen molar-refractivity contribution in [2.24, 2.45) is 0 Å². The van der Waals surface area contributed by atoms with Crippen molar-refractivity contribution >= 4 is 29.9 Å². The van der Waals surface area contributed by atoms with Gasteiger partial charge in [0, 0.05) is 43.4 Å². The number of likely N-dealkylation sites (N-methyl/N-ethyl adjacent to an activating group) is 1. The average molecular weight is 237 g/mol. The Morgan fingerprint density at radius 1 is 1.11 bits per heavy atom. The quantitative estimate of drug-likeness (QED) is 0.683. The van der Waals surface area contributed by atoms with Crippen LogP contribution in [0.4, 0.5) is 5.69 Å². The highest BCUT2D eigenvalue weighted by atomic mass is 15.2. The zero-order valence-corrected chi connectivity index (χ0v) is 10.6. The van der Waals surface area contributed by atoms with Gasteiger partial charge in [0.2, 0.25) is 0 Å². The molecule has 3 nitrogen and oxygen atoms in total. The van der Waals surface area contributed by atoms with E-state index in [1.807, 2.05) is 24.4 Å². The Morgan fingerprint density at radius 3 is 2.67 bits per heavy atom. The first-order valence-electron chi connectivity index (χ1n) is 6.32. The topological polar surface area (TPSA) is 19.4 Å². The van der Waals surface area contributed by atoms with Gasteiger partial charge < -0.3 is 9.80 Å². The molecule has 0 unspecified atom stereocenters. The maximum atomic E-state index is 5.89. The minimum atomic E-state index is 0.797. The molecule has 0 atom stereocenters. The number of piperazine rings is 1. The molecule has 0 bridgehead atoms. The van der Waals surface area contributed by atoms with Gasteiger partial charge in [-0.1, -0.05) is 17.6 Å². The average Bonchev–Trinajstić information content (AvgIpc) is 2.39. The lowest BCUT2D eigenvalue weighted by molar-refractivity contribution is 0.313. The number of hydrogen-bond donors (Lipinski definition) is 0. The van der Waals surface area contributed by atoms with E-state index in [9.17, 15) is 0 Å². The monoisotopic (exact) mass is 237 g/mol. The highest BCUT2D eigenvalue weighted by molar-refractivity contribution is 6.33. The molecule has 2 aromatic rings. The number of aromatic nitrogens is 1. The third kappa shape index (κ3) is 2.08. The molecular formula is C14H16BN3. The van der Waals surface area contributed by atoms with Gasteiger partial charge in [-0.15, -0.1) is 0 Å². The van der Waals surface area contributed by atoms with Crippen molar-refractivity contribution in [1.82, 2.24) is 9.88 Å². The molecule has 1 aromatic heterocycles. The number of nitrogens with zero attached hydrogens (tertiary/aromatic N) is 3. The van der Waals surface area contributed by atoms with Crippen molar-refractivity contribution in [2.75, 3.05) is 38.1 Å². The molecule has 3 rings (SSSR count). The molecule has 1 fully saturated rings. The summed E-state index contributed by atoms with van der Waals surface area (Å²) in [5.74, 6) is 0. The molecule has 2 heterocycles. The van der Waals surface area contributed by atoms with Crippen LogP contribution in [0, 0.1) is 0 Å². The van der Waals surface area contributed by atoms with Crippen LogP contribution in [0.3, 0.4) is 0 Å². The van der Waals surface area contributed by atoms with Crippen LogP contribution in [0.2, 0.25) is 0 Å². The first kappa shape index (κ1) is 11.5. The lowest BCUT2D eigenvalue weighted by Crippen LogP contribution is -2.44. The van der Waals surface area contributed by atoms with Gasteiger partial charge in [-0.2, -0.15) is 0 Å². The second-order valence-electron chi connectivity index (χ2n) is 4.90. The van der Waals surface area contributed by atoms with Crippen LogP contribution >= 0.6 is 0 Å². The third-order valence-electron chi connectivity index (χ3n) is 3.59. The molecule has 90 valence electrons. The predicted molar refractivity (Wildman–Crippen MR) is 76.8 cm³/mol. The molecule has 0 spiro atoms. The lowest BCUT2D eigenvalue weighted by Gasteiger charge is -2.34. The summed E-state index contributed by atoms with van der Waals surface area (Å²) in [7, 11) is 8.06. The van der Waals surface area contributed by atoms with Gasteiger partial charge in [0.25, 0.3) is 0 Å². The van der Waals surface area contributed by atoms with E-state index in [0.29, 0.717) is 0 Å². The fourth-order valence-electron chi connectivity index (χ4n) is 2.47. The number of anilines is 1. The largest absolute Gasteiger partial charge is 0.368 e. The van der Waals surface area contributed by atoms with Crippen LogP contribution in [-0.2, 0) is 0 Å². The summed E-state index contributed by atoms with van der Waals surface area (Å²) in [6, 6.07) is 8.01. The third-order valence-corrected chi connectivity index (χ3v) is 3.59. The smallest absolute Gasteiger partial charge is 0.113 e. The number of rotatable bonds is 1. The van der Waals surface area contributed by atoms with Gasteiger partial charge in [-0.05, 0) is 19.2 Å². The molecule has 18 heavy (non-hydrogen) atoms. The van der Waals surface area contributed by atoms with E-state index in [4.69, 9.17) is 7.85 Å². The van der Waals surface area contributed by atoms with Crippen molar-refractivity contribution < 1.29 is 0 Å². The van der Waals surface area contributed by atoms with Gasteiger partial charge >= 0.3 is 0 Å². The van der Waals surface area contributed by atoms with Crippen LogP contribution < -0.4 is 10.4 Å². The lowest BCUT2D eigenvalue weighted by atomic mass is 9.94. The zero-order chi connectivity index (χ0) is 12.5. The molecule has 2 radical (unpaired) electrons. The second kappa shape index (κ2) is 4.61. The maximum absolute atomic E-state index is 5.89. The summed E-state index contributed by atoms with van der Waals surface area (Å²) in [6.07, 6.45) is 1.88. The molecule has 0 amide bonds. The molecule has 1 saturated heterocycles.